The first-order chi connectivity index (χ1) is 6.15. The van der Waals surface area contributed by atoms with E-state index in [1.807, 2.05) is 25.1 Å². The zero-order chi connectivity index (χ0) is 9.84. The summed E-state index contributed by atoms with van der Waals surface area (Å²) < 4.78 is 1.01. The molecule has 1 unspecified atom stereocenters. The molecule has 0 aliphatic rings. The Morgan fingerprint density at radius 2 is 2.31 bits per heavy atom. The number of aldehydes is 1. The molecule has 0 aliphatic carbocycles. The van der Waals surface area contributed by atoms with Crippen molar-refractivity contribution in [3.8, 4) is 0 Å². The van der Waals surface area contributed by atoms with E-state index in [2.05, 4.69) is 15.9 Å². The van der Waals surface area contributed by atoms with Gasteiger partial charge < -0.3 is 9.90 Å². The summed E-state index contributed by atoms with van der Waals surface area (Å²) in [4.78, 5) is 10.2. The highest BCUT2D eigenvalue weighted by Crippen LogP contribution is 2.22. The zero-order valence-corrected chi connectivity index (χ0v) is 8.91. The molecule has 0 fully saturated rings. The molecule has 3 heteroatoms. The average molecular weight is 243 g/mol. The van der Waals surface area contributed by atoms with E-state index in [1.54, 1.807) is 0 Å². The fourth-order valence-corrected chi connectivity index (χ4v) is 1.35. The maximum atomic E-state index is 10.2. The second-order valence-electron chi connectivity index (χ2n) is 2.93. The summed E-state index contributed by atoms with van der Waals surface area (Å²) in [5.74, 6) is 0. The van der Waals surface area contributed by atoms with Gasteiger partial charge in [0.05, 0.1) is 6.10 Å². The van der Waals surface area contributed by atoms with Crippen LogP contribution in [-0.4, -0.2) is 11.4 Å². The largest absolute Gasteiger partial charge is 0.388 e. The lowest BCUT2D eigenvalue weighted by molar-refractivity contribution is -0.109. The van der Waals surface area contributed by atoms with Crippen LogP contribution in [0.25, 0.3) is 0 Å². The highest BCUT2D eigenvalue weighted by atomic mass is 79.9. The van der Waals surface area contributed by atoms with E-state index in [0.29, 0.717) is 0 Å². The number of halogens is 1. The van der Waals surface area contributed by atoms with Crippen LogP contribution in [0.15, 0.2) is 22.7 Å². The molecule has 0 saturated heterocycles. The van der Waals surface area contributed by atoms with Crippen LogP contribution in [-0.2, 0) is 4.79 Å². The SMILES string of the molecule is Cc1cc(C(O)CC=O)ccc1Br. The van der Waals surface area contributed by atoms with Gasteiger partial charge in [-0.15, -0.1) is 0 Å². The number of rotatable bonds is 3. The van der Waals surface area contributed by atoms with E-state index in [4.69, 9.17) is 0 Å². The number of carbonyl (C=O) groups is 1. The molecular formula is C10H11BrO2. The molecule has 1 N–H and O–H groups in total. The van der Waals surface area contributed by atoms with Crippen molar-refractivity contribution in [1.82, 2.24) is 0 Å². The maximum Gasteiger partial charge on any atom is 0.122 e. The average Bonchev–Trinajstić information content (AvgIpc) is 2.10. The van der Waals surface area contributed by atoms with Crippen molar-refractivity contribution < 1.29 is 9.90 Å². The molecule has 1 aromatic carbocycles. The third kappa shape index (κ3) is 2.64. The molecular weight excluding hydrogens is 232 g/mol. The zero-order valence-electron chi connectivity index (χ0n) is 7.33. The Bertz CT molecular complexity index is 310. The standard InChI is InChI=1S/C10H11BrO2/c1-7-6-8(2-3-9(7)11)10(13)4-5-12/h2-3,5-6,10,13H,4H2,1H3. The number of benzene rings is 1. The first-order valence-electron chi connectivity index (χ1n) is 4.03. The summed E-state index contributed by atoms with van der Waals surface area (Å²) in [5, 5.41) is 9.49. The van der Waals surface area contributed by atoms with Crippen LogP contribution in [0.4, 0.5) is 0 Å². The third-order valence-electron chi connectivity index (χ3n) is 1.89. The lowest BCUT2D eigenvalue weighted by atomic mass is 10.1. The molecule has 0 bridgehead atoms. The third-order valence-corrected chi connectivity index (χ3v) is 2.78. The summed E-state index contributed by atoms with van der Waals surface area (Å²) in [6.07, 6.45) is 0.202. The van der Waals surface area contributed by atoms with Gasteiger partial charge in [0.25, 0.3) is 0 Å². The van der Waals surface area contributed by atoms with E-state index < -0.39 is 6.10 Å². The molecule has 1 rings (SSSR count). The Labute approximate surface area is 85.7 Å². The number of hydrogen-bond donors (Lipinski definition) is 1. The summed E-state index contributed by atoms with van der Waals surface area (Å²) >= 11 is 3.37. The number of aryl methyl sites for hydroxylation is 1. The minimum atomic E-state index is -0.677. The molecule has 0 aliphatic heterocycles. The van der Waals surface area contributed by atoms with Crippen LogP contribution < -0.4 is 0 Å². The minimum Gasteiger partial charge on any atom is -0.388 e. The van der Waals surface area contributed by atoms with E-state index in [9.17, 15) is 9.90 Å². The van der Waals surface area contributed by atoms with E-state index in [-0.39, 0.29) is 6.42 Å². The van der Waals surface area contributed by atoms with Gasteiger partial charge in [0.15, 0.2) is 0 Å². The Hall–Kier alpha value is -0.670. The minimum absolute atomic E-state index is 0.154. The quantitative estimate of drug-likeness (QED) is 0.827. The fraction of sp³-hybridized carbons (Fsp3) is 0.300. The van der Waals surface area contributed by atoms with Crippen molar-refractivity contribution in [3.63, 3.8) is 0 Å². The summed E-state index contributed by atoms with van der Waals surface area (Å²) in [5.41, 5.74) is 1.84. The highest BCUT2D eigenvalue weighted by Gasteiger charge is 2.07. The molecule has 0 spiro atoms. The second kappa shape index (κ2) is 4.53. The molecule has 2 nitrogen and oxygen atoms in total. The molecule has 1 aromatic rings. The molecule has 0 heterocycles. The number of aliphatic hydroxyl groups is 1. The van der Waals surface area contributed by atoms with Crippen LogP contribution >= 0.6 is 15.9 Å². The van der Waals surface area contributed by atoms with Crippen molar-refractivity contribution in [2.45, 2.75) is 19.4 Å². The Balaban J connectivity index is 2.89. The van der Waals surface area contributed by atoms with Crippen molar-refractivity contribution >= 4 is 22.2 Å². The van der Waals surface area contributed by atoms with E-state index in [0.717, 1.165) is 21.9 Å². The number of carbonyl (C=O) groups excluding carboxylic acids is 1. The molecule has 70 valence electrons. The topological polar surface area (TPSA) is 37.3 Å². The Kier molecular flexibility index (Phi) is 3.63. The first-order valence-corrected chi connectivity index (χ1v) is 4.82. The smallest absolute Gasteiger partial charge is 0.122 e. The summed E-state index contributed by atoms with van der Waals surface area (Å²) in [6.45, 7) is 1.95. The fourth-order valence-electron chi connectivity index (χ4n) is 1.10. The molecule has 0 radical (unpaired) electrons. The number of aliphatic hydroxyl groups excluding tert-OH is 1. The summed E-state index contributed by atoms with van der Waals surface area (Å²) in [7, 11) is 0. The summed E-state index contributed by atoms with van der Waals surface area (Å²) in [6, 6.07) is 5.56. The van der Waals surface area contributed by atoms with Crippen molar-refractivity contribution in [2.24, 2.45) is 0 Å². The van der Waals surface area contributed by atoms with Crippen molar-refractivity contribution in [2.75, 3.05) is 0 Å². The van der Waals surface area contributed by atoms with Crippen LogP contribution in [0.2, 0.25) is 0 Å². The maximum absolute atomic E-state index is 10.2. The van der Waals surface area contributed by atoms with Gasteiger partial charge in [0.2, 0.25) is 0 Å². The number of hydrogen-bond acceptors (Lipinski definition) is 2. The van der Waals surface area contributed by atoms with Gasteiger partial charge >= 0.3 is 0 Å². The molecule has 0 saturated carbocycles. The normalized spacial score (nSPS) is 12.5. The monoisotopic (exact) mass is 242 g/mol. The van der Waals surface area contributed by atoms with Crippen molar-refractivity contribution in [1.29, 1.82) is 0 Å². The molecule has 0 aromatic heterocycles. The van der Waals surface area contributed by atoms with Gasteiger partial charge in [-0.3, -0.25) is 0 Å². The van der Waals surface area contributed by atoms with Crippen molar-refractivity contribution in [3.05, 3.63) is 33.8 Å². The second-order valence-corrected chi connectivity index (χ2v) is 3.78. The van der Waals surface area contributed by atoms with Gasteiger partial charge in [0.1, 0.15) is 6.29 Å². The first kappa shape index (κ1) is 10.4. The van der Waals surface area contributed by atoms with Gasteiger partial charge in [-0.05, 0) is 24.1 Å². The van der Waals surface area contributed by atoms with Crippen LogP contribution in [0.1, 0.15) is 23.7 Å². The molecule has 1 atom stereocenters. The molecule has 13 heavy (non-hydrogen) atoms. The molecule has 0 amide bonds. The predicted octanol–water partition coefficient (Wildman–Crippen LogP) is 2.38. The predicted molar refractivity (Wildman–Crippen MR) is 54.5 cm³/mol. The lowest BCUT2D eigenvalue weighted by Gasteiger charge is -2.08. The van der Waals surface area contributed by atoms with Gasteiger partial charge in [-0.25, -0.2) is 0 Å². The van der Waals surface area contributed by atoms with Crippen LogP contribution in [0.5, 0.6) is 0 Å². The van der Waals surface area contributed by atoms with Gasteiger partial charge in [-0.2, -0.15) is 0 Å². The van der Waals surface area contributed by atoms with Gasteiger partial charge in [-0.1, -0.05) is 28.1 Å². The van der Waals surface area contributed by atoms with E-state index >= 15 is 0 Å². The van der Waals surface area contributed by atoms with Gasteiger partial charge in [0, 0.05) is 10.9 Å². The lowest BCUT2D eigenvalue weighted by Crippen LogP contribution is -1.98. The van der Waals surface area contributed by atoms with Crippen LogP contribution in [0, 0.1) is 6.92 Å². The van der Waals surface area contributed by atoms with Crippen LogP contribution in [0.3, 0.4) is 0 Å². The Morgan fingerprint density at radius 1 is 1.62 bits per heavy atom. The Morgan fingerprint density at radius 3 is 2.85 bits per heavy atom. The highest BCUT2D eigenvalue weighted by molar-refractivity contribution is 9.10. The van der Waals surface area contributed by atoms with E-state index in [1.165, 1.54) is 0 Å².